The van der Waals surface area contributed by atoms with Crippen LogP contribution in [0.25, 0.3) is 0 Å². The SMILES string of the molecule is CN1C2CCC1CC(N)(C(F)(F)F)C2.Cl.Cl. The molecule has 0 aromatic heterocycles. The summed E-state index contributed by atoms with van der Waals surface area (Å²) >= 11 is 0. The van der Waals surface area contributed by atoms with Gasteiger partial charge < -0.3 is 10.6 Å². The Hall–Kier alpha value is 0.290. The van der Waals surface area contributed by atoms with Gasteiger partial charge in [-0.1, -0.05) is 0 Å². The van der Waals surface area contributed by atoms with E-state index in [1.807, 2.05) is 7.05 Å². The first-order valence-electron chi connectivity index (χ1n) is 4.91. The van der Waals surface area contributed by atoms with Crippen LogP contribution in [0.15, 0.2) is 0 Å². The second-order valence-electron chi connectivity index (χ2n) is 4.61. The van der Waals surface area contributed by atoms with Gasteiger partial charge in [0.15, 0.2) is 0 Å². The minimum atomic E-state index is -4.25. The van der Waals surface area contributed by atoms with Crippen molar-refractivity contribution in [1.29, 1.82) is 0 Å². The first kappa shape index (κ1) is 16.3. The molecule has 0 aromatic carbocycles. The molecular formula is C9H17Cl2F3N2. The van der Waals surface area contributed by atoms with Crippen molar-refractivity contribution in [3.05, 3.63) is 0 Å². The molecule has 0 aromatic rings. The summed E-state index contributed by atoms with van der Waals surface area (Å²) in [5, 5.41) is 0. The molecule has 98 valence electrons. The molecule has 16 heavy (non-hydrogen) atoms. The van der Waals surface area contributed by atoms with Crippen LogP contribution in [0.3, 0.4) is 0 Å². The number of nitrogens with zero attached hydrogens (tertiary/aromatic N) is 1. The molecule has 2 fully saturated rings. The third kappa shape index (κ3) is 2.42. The maximum Gasteiger partial charge on any atom is 0.406 e. The van der Waals surface area contributed by atoms with Crippen LogP contribution in [0.5, 0.6) is 0 Å². The molecule has 2 nitrogen and oxygen atoms in total. The molecule has 2 heterocycles. The molecule has 2 saturated heterocycles. The van der Waals surface area contributed by atoms with Crippen LogP contribution in [-0.4, -0.2) is 35.7 Å². The quantitative estimate of drug-likeness (QED) is 0.738. The largest absolute Gasteiger partial charge is 0.406 e. The van der Waals surface area contributed by atoms with Crippen molar-refractivity contribution in [1.82, 2.24) is 4.90 Å². The molecule has 0 spiro atoms. The van der Waals surface area contributed by atoms with Crippen molar-refractivity contribution in [2.75, 3.05) is 7.05 Å². The average molecular weight is 281 g/mol. The third-order valence-electron chi connectivity index (χ3n) is 3.75. The van der Waals surface area contributed by atoms with E-state index in [2.05, 4.69) is 4.90 Å². The smallest absolute Gasteiger partial charge is 0.318 e. The molecule has 7 heteroatoms. The number of halogens is 5. The lowest BCUT2D eigenvalue weighted by Crippen LogP contribution is -2.62. The molecule has 2 aliphatic heterocycles. The van der Waals surface area contributed by atoms with E-state index in [0.29, 0.717) is 0 Å². The molecule has 2 unspecified atom stereocenters. The minimum Gasteiger partial charge on any atom is -0.318 e. The number of hydrogen-bond acceptors (Lipinski definition) is 2. The maximum absolute atomic E-state index is 12.7. The van der Waals surface area contributed by atoms with E-state index >= 15 is 0 Å². The molecule has 2 atom stereocenters. The number of fused-ring (bicyclic) bond motifs is 2. The molecular weight excluding hydrogens is 264 g/mol. The second kappa shape index (κ2) is 4.88. The van der Waals surface area contributed by atoms with Gasteiger partial charge >= 0.3 is 6.18 Å². The Morgan fingerprint density at radius 3 is 1.81 bits per heavy atom. The highest BCUT2D eigenvalue weighted by molar-refractivity contribution is 5.85. The predicted molar refractivity (Wildman–Crippen MR) is 61.3 cm³/mol. The van der Waals surface area contributed by atoms with E-state index < -0.39 is 11.7 Å². The van der Waals surface area contributed by atoms with E-state index in [1.54, 1.807) is 0 Å². The summed E-state index contributed by atoms with van der Waals surface area (Å²) in [5.41, 5.74) is 3.53. The summed E-state index contributed by atoms with van der Waals surface area (Å²) in [5.74, 6) is 0. The first-order chi connectivity index (χ1) is 6.33. The van der Waals surface area contributed by atoms with E-state index in [1.165, 1.54) is 0 Å². The molecule has 2 N–H and O–H groups in total. The van der Waals surface area contributed by atoms with Gasteiger partial charge in [0, 0.05) is 12.1 Å². The predicted octanol–water partition coefficient (Wildman–Crippen LogP) is 2.35. The third-order valence-corrected chi connectivity index (χ3v) is 3.75. The van der Waals surface area contributed by atoms with Gasteiger partial charge in [0.2, 0.25) is 0 Å². The van der Waals surface area contributed by atoms with Crippen molar-refractivity contribution >= 4 is 24.8 Å². The molecule has 2 aliphatic rings. The summed E-state index contributed by atoms with van der Waals surface area (Å²) in [6.45, 7) is 0. The van der Waals surface area contributed by atoms with Crippen LogP contribution in [0, 0.1) is 0 Å². The van der Waals surface area contributed by atoms with E-state index in [-0.39, 0.29) is 49.7 Å². The van der Waals surface area contributed by atoms with Gasteiger partial charge in [-0.3, -0.25) is 0 Å². The second-order valence-corrected chi connectivity index (χ2v) is 4.61. The topological polar surface area (TPSA) is 29.3 Å². The number of hydrogen-bond donors (Lipinski definition) is 1. The molecule has 0 radical (unpaired) electrons. The van der Waals surface area contributed by atoms with Crippen molar-refractivity contribution < 1.29 is 13.2 Å². The average Bonchev–Trinajstić information content (AvgIpc) is 2.32. The highest BCUT2D eigenvalue weighted by Gasteiger charge is 2.58. The van der Waals surface area contributed by atoms with Gasteiger partial charge in [-0.05, 0) is 32.7 Å². The molecule has 2 rings (SSSR count). The van der Waals surface area contributed by atoms with Crippen LogP contribution in [0.4, 0.5) is 13.2 Å². The maximum atomic E-state index is 12.7. The fourth-order valence-electron chi connectivity index (χ4n) is 2.74. The number of rotatable bonds is 0. The van der Waals surface area contributed by atoms with E-state index in [0.717, 1.165) is 12.8 Å². The lowest BCUT2D eigenvalue weighted by molar-refractivity contribution is -0.202. The Balaban J connectivity index is 0.00000112. The number of alkyl halides is 3. The van der Waals surface area contributed by atoms with Crippen LogP contribution >= 0.6 is 24.8 Å². The van der Waals surface area contributed by atoms with Gasteiger partial charge in [-0.2, -0.15) is 13.2 Å². The highest BCUT2D eigenvalue weighted by atomic mass is 35.5. The van der Waals surface area contributed by atoms with Gasteiger partial charge in [-0.25, -0.2) is 0 Å². The lowest BCUT2D eigenvalue weighted by atomic mass is 9.83. The zero-order valence-corrected chi connectivity index (χ0v) is 10.6. The monoisotopic (exact) mass is 280 g/mol. The van der Waals surface area contributed by atoms with Crippen LogP contribution < -0.4 is 5.73 Å². The Morgan fingerprint density at radius 2 is 1.50 bits per heavy atom. The minimum absolute atomic E-state index is 0. The van der Waals surface area contributed by atoms with Crippen LogP contribution in [0.1, 0.15) is 25.7 Å². The summed E-state index contributed by atoms with van der Waals surface area (Å²) in [6.07, 6.45) is -2.42. The van der Waals surface area contributed by atoms with Crippen LogP contribution in [0.2, 0.25) is 0 Å². The Bertz CT molecular complexity index is 233. The molecule has 0 aliphatic carbocycles. The van der Waals surface area contributed by atoms with Crippen molar-refractivity contribution in [2.24, 2.45) is 5.73 Å². The Morgan fingerprint density at radius 1 is 1.12 bits per heavy atom. The molecule has 0 saturated carbocycles. The summed E-state index contributed by atoms with van der Waals surface area (Å²) in [6, 6.07) is 0.0562. The summed E-state index contributed by atoms with van der Waals surface area (Å²) in [4.78, 5) is 2.05. The van der Waals surface area contributed by atoms with Crippen molar-refractivity contribution in [3.8, 4) is 0 Å². The van der Waals surface area contributed by atoms with Crippen molar-refractivity contribution in [3.63, 3.8) is 0 Å². The van der Waals surface area contributed by atoms with E-state index in [4.69, 9.17) is 5.73 Å². The molecule has 2 bridgehead atoms. The van der Waals surface area contributed by atoms with Crippen molar-refractivity contribution in [2.45, 2.75) is 49.5 Å². The fraction of sp³-hybridized carbons (Fsp3) is 1.00. The highest BCUT2D eigenvalue weighted by Crippen LogP contribution is 2.45. The zero-order chi connectivity index (χ0) is 10.6. The van der Waals surface area contributed by atoms with E-state index in [9.17, 15) is 13.2 Å². The Labute approximate surface area is 106 Å². The first-order valence-corrected chi connectivity index (χ1v) is 4.91. The van der Waals surface area contributed by atoms with Gasteiger partial charge in [-0.15, -0.1) is 24.8 Å². The normalized spacial score (nSPS) is 38.8. The van der Waals surface area contributed by atoms with Crippen LogP contribution in [-0.2, 0) is 0 Å². The standard InChI is InChI=1S/C9H15F3N2.2ClH/c1-14-6-2-3-7(14)5-8(13,4-6)9(10,11)12;;/h6-7H,2-5,13H2,1H3;2*1H. The van der Waals surface area contributed by atoms with Gasteiger partial charge in [0.05, 0.1) is 0 Å². The Kier molecular flexibility index (Phi) is 4.97. The van der Waals surface area contributed by atoms with Gasteiger partial charge in [0.25, 0.3) is 0 Å². The lowest BCUT2D eigenvalue weighted by Gasteiger charge is -2.43. The van der Waals surface area contributed by atoms with Gasteiger partial charge in [0.1, 0.15) is 5.54 Å². The number of nitrogens with two attached hydrogens (primary N) is 1. The zero-order valence-electron chi connectivity index (χ0n) is 8.96. The summed E-state index contributed by atoms with van der Waals surface area (Å²) < 4.78 is 38.1. The fourth-order valence-corrected chi connectivity index (χ4v) is 2.74. The molecule has 0 amide bonds. The number of piperidine rings is 1. The summed E-state index contributed by atoms with van der Waals surface area (Å²) in [7, 11) is 1.90.